The van der Waals surface area contributed by atoms with Crippen molar-refractivity contribution < 1.29 is 19.2 Å². The monoisotopic (exact) mass is 404 g/mol. The number of guanidine groups is 1. The Morgan fingerprint density at radius 3 is 2.62 bits per heavy atom. The fourth-order valence-corrected chi connectivity index (χ4v) is 3.66. The van der Waals surface area contributed by atoms with Crippen LogP contribution in [-0.2, 0) is 20.8 Å². The number of piperidine rings is 1. The molecule has 1 unspecified atom stereocenters. The van der Waals surface area contributed by atoms with Crippen LogP contribution in [-0.4, -0.2) is 61.2 Å². The lowest BCUT2D eigenvalue weighted by Gasteiger charge is -2.33. The SMILES string of the molecule is COC(=O)C1CCN(C(=NCc2ccc([N+](=O)[O-])cc2)NCC2CCCO2)CC1. The van der Waals surface area contributed by atoms with Gasteiger partial charge in [0.25, 0.3) is 5.69 Å². The number of ether oxygens (including phenoxy) is 2. The van der Waals surface area contributed by atoms with Gasteiger partial charge in [0.1, 0.15) is 0 Å². The van der Waals surface area contributed by atoms with E-state index in [1.54, 1.807) is 12.1 Å². The van der Waals surface area contributed by atoms with Crippen LogP contribution in [0.2, 0.25) is 0 Å². The third-order valence-corrected chi connectivity index (χ3v) is 5.40. The molecule has 3 rings (SSSR count). The molecule has 0 spiro atoms. The Balaban J connectivity index is 1.64. The number of methoxy groups -OCH3 is 1. The molecule has 29 heavy (non-hydrogen) atoms. The second kappa shape index (κ2) is 10.2. The van der Waals surface area contributed by atoms with Gasteiger partial charge < -0.3 is 19.7 Å². The van der Waals surface area contributed by atoms with Crippen molar-refractivity contribution in [1.29, 1.82) is 0 Å². The van der Waals surface area contributed by atoms with Crippen LogP contribution in [0, 0.1) is 16.0 Å². The quantitative estimate of drug-likeness (QED) is 0.254. The maximum absolute atomic E-state index is 11.8. The van der Waals surface area contributed by atoms with Crippen molar-refractivity contribution in [3.05, 3.63) is 39.9 Å². The van der Waals surface area contributed by atoms with Gasteiger partial charge in [0.15, 0.2) is 5.96 Å². The van der Waals surface area contributed by atoms with Gasteiger partial charge in [-0.15, -0.1) is 0 Å². The molecule has 1 aromatic rings. The van der Waals surface area contributed by atoms with E-state index in [2.05, 4.69) is 10.2 Å². The number of nitro benzene ring substituents is 1. The molecule has 2 saturated heterocycles. The third-order valence-electron chi connectivity index (χ3n) is 5.40. The first-order valence-electron chi connectivity index (χ1n) is 10.0. The average Bonchev–Trinajstić information content (AvgIpc) is 3.27. The van der Waals surface area contributed by atoms with Gasteiger partial charge in [0.05, 0.1) is 30.6 Å². The summed E-state index contributed by atoms with van der Waals surface area (Å²) in [5.74, 6) is 0.564. The summed E-state index contributed by atoms with van der Waals surface area (Å²) in [7, 11) is 1.43. The highest BCUT2D eigenvalue weighted by Gasteiger charge is 2.27. The maximum Gasteiger partial charge on any atom is 0.308 e. The minimum Gasteiger partial charge on any atom is -0.469 e. The van der Waals surface area contributed by atoms with Crippen molar-refractivity contribution in [1.82, 2.24) is 10.2 Å². The van der Waals surface area contributed by atoms with Crippen molar-refractivity contribution in [2.45, 2.75) is 38.3 Å². The van der Waals surface area contributed by atoms with E-state index in [-0.39, 0.29) is 23.7 Å². The number of likely N-dealkylation sites (tertiary alicyclic amines) is 1. The number of nitrogens with one attached hydrogen (secondary N) is 1. The fourth-order valence-electron chi connectivity index (χ4n) is 3.66. The van der Waals surface area contributed by atoms with Crippen LogP contribution in [0.15, 0.2) is 29.3 Å². The highest BCUT2D eigenvalue weighted by atomic mass is 16.6. The van der Waals surface area contributed by atoms with Gasteiger partial charge in [-0.05, 0) is 31.2 Å². The van der Waals surface area contributed by atoms with Crippen LogP contribution in [0.25, 0.3) is 0 Å². The van der Waals surface area contributed by atoms with E-state index < -0.39 is 4.92 Å². The predicted octanol–water partition coefficient (Wildman–Crippen LogP) is 2.10. The Morgan fingerprint density at radius 2 is 2.03 bits per heavy atom. The van der Waals surface area contributed by atoms with Gasteiger partial charge in [-0.25, -0.2) is 4.99 Å². The maximum atomic E-state index is 11.8. The van der Waals surface area contributed by atoms with Crippen LogP contribution < -0.4 is 5.32 Å². The summed E-state index contributed by atoms with van der Waals surface area (Å²) in [6, 6.07) is 6.43. The van der Waals surface area contributed by atoms with Gasteiger partial charge in [0.2, 0.25) is 0 Å². The molecule has 0 aliphatic carbocycles. The minimum atomic E-state index is -0.410. The first-order valence-corrected chi connectivity index (χ1v) is 10.0. The van der Waals surface area contributed by atoms with E-state index in [1.165, 1.54) is 19.2 Å². The molecule has 2 fully saturated rings. The van der Waals surface area contributed by atoms with E-state index in [0.717, 1.165) is 56.9 Å². The van der Waals surface area contributed by atoms with Gasteiger partial charge >= 0.3 is 5.97 Å². The Morgan fingerprint density at radius 1 is 1.31 bits per heavy atom. The number of hydrogen-bond donors (Lipinski definition) is 1. The lowest BCUT2D eigenvalue weighted by Crippen LogP contribution is -2.48. The predicted molar refractivity (Wildman–Crippen MR) is 108 cm³/mol. The molecule has 2 aliphatic rings. The third kappa shape index (κ3) is 5.90. The number of rotatable bonds is 6. The van der Waals surface area contributed by atoms with E-state index >= 15 is 0 Å². The van der Waals surface area contributed by atoms with Gasteiger partial charge in [0, 0.05) is 38.4 Å². The standard InChI is InChI=1S/C20H28N4O5/c1-28-19(25)16-8-10-23(11-9-16)20(22-14-18-3-2-12-29-18)21-13-15-4-6-17(7-5-15)24(26)27/h4-7,16,18H,2-3,8-14H2,1H3,(H,21,22). The van der Waals surface area contributed by atoms with Crippen LogP contribution >= 0.6 is 0 Å². The van der Waals surface area contributed by atoms with E-state index in [9.17, 15) is 14.9 Å². The summed E-state index contributed by atoms with van der Waals surface area (Å²) in [6.45, 7) is 3.35. The average molecular weight is 404 g/mol. The highest BCUT2D eigenvalue weighted by molar-refractivity contribution is 5.80. The van der Waals surface area contributed by atoms with E-state index in [4.69, 9.17) is 14.5 Å². The minimum absolute atomic E-state index is 0.0645. The highest BCUT2D eigenvalue weighted by Crippen LogP contribution is 2.19. The second-order valence-electron chi connectivity index (χ2n) is 7.36. The topological polar surface area (TPSA) is 106 Å². The summed E-state index contributed by atoms with van der Waals surface area (Å²) >= 11 is 0. The zero-order valence-electron chi connectivity index (χ0n) is 16.7. The number of esters is 1. The fraction of sp³-hybridized carbons (Fsp3) is 0.600. The molecular weight excluding hydrogens is 376 g/mol. The zero-order chi connectivity index (χ0) is 20.6. The number of hydrogen-bond acceptors (Lipinski definition) is 6. The van der Waals surface area contributed by atoms with Crippen molar-refractivity contribution >= 4 is 17.6 Å². The molecule has 9 nitrogen and oxygen atoms in total. The molecule has 1 N–H and O–H groups in total. The molecule has 0 bridgehead atoms. The Labute approximate surface area is 170 Å². The summed E-state index contributed by atoms with van der Waals surface area (Å²) in [5, 5.41) is 14.2. The Hall–Kier alpha value is -2.68. The van der Waals surface area contributed by atoms with Crippen molar-refractivity contribution in [3.8, 4) is 0 Å². The molecule has 0 aromatic heterocycles. The first kappa shape index (κ1) is 21.0. The number of carbonyl (C=O) groups excluding carboxylic acids is 1. The number of nitrogens with zero attached hydrogens (tertiary/aromatic N) is 3. The summed E-state index contributed by atoms with van der Waals surface area (Å²) in [6.07, 6.45) is 3.75. The smallest absolute Gasteiger partial charge is 0.308 e. The normalized spacial score (nSPS) is 20.5. The number of aliphatic imine (C=N–C) groups is 1. The molecule has 9 heteroatoms. The van der Waals surface area contributed by atoms with Gasteiger partial charge in [-0.3, -0.25) is 14.9 Å². The summed E-state index contributed by atoms with van der Waals surface area (Å²) in [4.78, 5) is 29.1. The summed E-state index contributed by atoms with van der Waals surface area (Å²) < 4.78 is 10.6. The second-order valence-corrected chi connectivity index (χ2v) is 7.36. The Kier molecular flexibility index (Phi) is 7.40. The molecule has 0 amide bonds. The molecule has 1 aromatic carbocycles. The lowest BCUT2D eigenvalue weighted by molar-refractivity contribution is -0.384. The van der Waals surface area contributed by atoms with Gasteiger partial charge in [-0.2, -0.15) is 0 Å². The largest absolute Gasteiger partial charge is 0.469 e. The molecule has 158 valence electrons. The van der Waals surface area contributed by atoms with Crippen LogP contribution in [0.5, 0.6) is 0 Å². The number of carbonyl (C=O) groups is 1. The molecule has 2 heterocycles. The van der Waals surface area contributed by atoms with Crippen LogP contribution in [0.1, 0.15) is 31.2 Å². The van der Waals surface area contributed by atoms with Crippen molar-refractivity contribution in [3.63, 3.8) is 0 Å². The van der Waals surface area contributed by atoms with Crippen LogP contribution in [0.4, 0.5) is 5.69 Å². The number of non-ortho nitro benzene ring substituents is 1. The van der Waals surface area contributed by atoms with Crippen LogP contribution in [0.3, 0.4) is 0 Å². The number of benzene rings is 1. The first-order chi connectivity index (χ1) is 14.1. The Bertz CT molecular complexity index is 723. The zero-order valence-corrected chi connectivity index (χ0v) is 16.7. The molecule has 2 aliphatic heterocycles. The molecule has 0 saturated carbocycles. The molecule has 0 radical (unpaired) electrons. The lowest BCUT2D eigenvalue weighted by atomic mass is 9.97. The van der Waals surface area contributed by atoms with Crippen molar-refractivity contribution in [2.24, 2.45) is 10.9 Å². The number of nitro groups is 1. The van der Waals surface area contributed by atoms with Gasteiger partial charge in [-0.1, -0.05) is 12.1 Å². The summed E-state index contributed by atoms with van der Waals surface area (Å²) in [5.41, 5.74) is 0.968. The molecular formula is C20H28N4O5. The van der Waals surface area contributed by atoms with E-state index in [0.29, 0.717) is 13.1 Å². The van der Waals surface area contributed by atoms with E-state index in [1.807, 2.05) is 0 Å². The van der Waals surface area contributed by atoms with Crippen molar-refractivity contribution in [2.75, 3.05) is 33.4 Å². The molecule has 1 atom stereocenters.